The predicted molar refractivity (Wildman–Crippen MR) is 88.0 cm³/mol. The highest BCUT2D eigenvalue weighted by Crippen LogP contribution is 2.34. The number of nitrogens with zero attached hydrogens (tertiary/aromatic N) is 2. The van der Waals surface area contributed by atoms with E-state index in [0.717, 1.165) is 6.04 Å². The Kier molecular flexibility index (Phi) is 5.06. The molecule has 0 N–H and O–H groups in total. The van der Waals surface area contributed by atoms with Crippen LogP contribution in [0.15, 0.2) is 16.9 Å². The first kappa shape index (κ1) is 16.4. The lowest BCUT2D eigenvalue weighted by atomic mass is 10.3. The van der Waals surface area contributed by atoms with Crippen molar-refractivity contribution in [1.29, 1.82) is 0 Å². The van der Waals surface area contributed by atoms with E-state index in [9.17, 15) is 4.39 Å². The van der Waals surface area contributed by atoms with Gasteiger partial charge < -0.3 is 14.0 Å². The summed E-state index contributed by atoms with van der Waals surface area (Å²) in [5.41, 5.74) is 0.904. The van der Waals surface area contributed by atoms with Gasteiger partial charge in [-0.2, -0.15) is 0 Å². The van der Waals surface area contributed by atoms with Crippen LogP contribution in [0.5, 0.6) is 5.75 Å². The summed E-state index contributed by atoms with van der Waals surface area (Å²) in [5, 5.41) is 0. The van der Waals surface area contributed by atoms with Gasteiger partial charge in [0.1, 0.15) is 17.8 Å². The number of halogens is 2. The van der Waals surface area contributed by atoms with Crippen molar-refractivity contribution in [1.82, 2.24) is 9.55 Å². The molecule has 0 saturated carbocycles. The number of aromatic nitrogens is 2. The van der Waals surface area contributed by atoms with Crippen molar-refractivity contribution in [3.05, 3.63) is 22.7 Å². The molecule has 4 nitrogen and oxygen atoms in total. The second-order valence-corrected chi connectivity index (χ2v) is 12.6. The summed E-state index contributed by atoms with van der Waals surface area (Å²) < 4.78 is 27.3. The van der Waals surface area contributed by atoms with Gasteiger partial charge in [0, 0.05) is 14.7 Å². The standard InChI is InChI=1S/C14H20BrFN2O2Si/c1-19-14-10(15)7-11(16)13-12(14)17-8-18(13)9-20-5-6-21(2,3)4/h7-8H,5-6,9H2,1-4H3. The lowest BCUT2D eigenvalue weighted by Crippen LogP contribution is -2.22. The number of ether oxygens (including phenoxy) is 2. The Morgan fingerprint density at radius 2 is 2.10 bits per heavy atom. The van der Waals surface area contributed by atoms with E-state index in [4.69, 9.17) is 9.47 Å². The van der Waals surface area contributed by atoms with Crippen LogP contribution in [0.4, 0.5) is 4.39 Å². The zero-order chi connectivity index (χ0) is 15.6. The van der Waals surface area contributed by atoms with E-state index in [1.165, 1.54) is 6.07 Å². The fraction of sp³-hybridized carbons (Fsp3) is 0.500. The molecule has 116 valence electrons. The fourth-order valence-corrected chi connectivity index (χ4v) is 3.30. The molecule has 0 aliphatic carbocycles. The van der Waals surface area contributed by atoms with Gasteiger partial charge in [0.05, 0.1) is 17.9 Å². The van der Waals surface area contributed by atoms with Crippen molar-refractivity contribution >= 4 is 35.0 Å². The third kappa shape index (κ3) is 3.84. The molecule has 0 bridgehead atoms. The number of imidazole rings is 1. The van der Waals surface area contributed by atoms with Crippen molar-refractivity contribution in [2.24, 2.45) is 0 Å². The Morgan fingerprint density at radius 3 is 2.71 bits per heavy atom. The van der Waals surface area contributed by atoms with E-state index in [0.29, 0.717) is 34.6 Å². The Labute approximate surface area is 133 Å². The molecule has 2 rings (SSSR count). The normalized spacial score (nSPS) is 12.1. The maximum Gasteiger partial charge on any atom is 0.161 e. The van der Waals surface area contributed by atoms with Gasteiger partial charge in [0.2, 0.25) is 0 Å². The average molecular weight is 375 g/mol. The van der Waals surface area contributed by atoms with Crippen LogP contribution in [0, 0.1) is 5.82 Å². The summed E-state index contributed by atoms with van der Waals surface area (Å²) in [5.74, 6) is 0.191. The second kappa shape index (κ2) is 6.45. The largest absolute Gasteiger partial charge is 0.493 e. The first-order valence-corrected chi connectivity index (χ1v) is 11.3. The van der Waals surface area contributed by atoms with Crippen molar-refractivity contribution in [3.8, 4) is 5.75 Å². The molecule has 0 fully saturated rings. The summed E-state index contributed by atoms with van der Waals surface area (Å²) >= 11 is 3.28. The quantitative estimate of drug-likeness (QED) is 0.559. The highest BCUT2D eigenvalue weighted by atomic mass is 79.9. The number of methoxy groups -OCH3 is 1. The van der Waals surface area contributed by atoms with E-state index in [1.54, 1.807) is 18.0 Å². The topological polar surface area (TPSA) is 36.3 Å². The summed E-state index contributed by atoms with van der Waals surface area (Å²) in [6, 6.07) is 2.47. The van der Waals surface area contributed by atoms with Crippen LogP contribution in [0.3, 0.4) is 0 Å². The van der Waals surface area contributed by atoms with Crippen LogP contribution in [-0.4, -0.2) is 31.3 Å². The maximum atomic E-state index is 14.2. The molecule has 1 aromatic carbocycles. The summed E-state index contributed by atoms with van der Waals surface area (Å²) in [7, 11) is 0.426. The molecular weight excluding hydrogens is 355 g/mol. The van der Waals surface area contributed by atoms with Gasteiger partial charge in [-0.25, -0.2) is 9.37 Å². The van der Waals surface area contributed by atoms with Gasteiger partial charge in [-0.3, -0.25) is 0 Å². The van der Waals surface area contributed by atoms with Gasteiger partial charge >= 0.3 is 0 Å². The van der Waals surface area contributed by atoms with Crippen LogP contribution < -0.4 is 4.74 Å². The van der Waals surface area contributed by atoms with E-state index in [1.807, 2.05) is 0 Å². The molecule has 1 aromatic heterocycles. The molecule has 0 radical (unpaired) electrons. The number of benzene rings is 1. The Hall–Kier alpha value is -0.923. The van der Waals surface area contributed by atoms with E-state index >= 15 is 0 Å². The smallest absolute Gasteiger partial charge is 0.161 e. The monoisotopic (exact) mass is 374 g/mol. The second-order valence-electron chi connectivity index (χ2n) is 6.13. The molecule has 0 aliphatic heterocycles. The molecule has 2 aromatic rings. The minimum atomic E-state index is -1.12. The minimum absolute atomic E-state index is 0.294. The van der Waals surface area contributed by atoms with Gasteiger partial charge in [-0.05, 0) is 28.0 Å². The highest BCUT2D eigenvalue weighted by Gasteiger charge is 2.17. The predicted octanol–water partition coefficient (Wildman–Crippen LogP) is 4.26. The maximum absolute atomic E-state index is 14.2. The summed E-state index contributed by atoms with van der Waals surface area (Å²) in [4.78, 5) is 4.24. The molecule has 0 atom stereocenters. The number of fused-ring (bicyclic) bond motifs is 1. The first-order valence-electron chi connectivity index (χ1n) is 6.78. The van der Waals surface area contributed by atoms with Crippen LogP contribution in [0.2, 0.25) is 25.7 Å². The van der Waals surface area contributed by atoms with Crippen molar-refractivity contribution in [2.75, 3.05) is 13.7 Å². The van der Waals surface area contributed by atoms with Crippen molar-refractivity contribution in [3.63, 3.8) is 0 Å². The third-order valence-electron chi connectivity index (χ3n) is 3.18. The van der Waals surface area contributed by atoms with Crippen LogP contribution in [-0.2, 0) is 11.5 Å². The number of hydrogen-bond acceptors (Lipinski definition) is 3. The third-order valence-corrected chi connectivity index (χ3v) is 5.47. The zero-order valence-electron chi connectivity index (χ0n) is 12.7. The van der Waals surface area contributed by atoms with Gasteiger partial charge in [-0.15, -0.1) is 0 Å². The van der Waals surface area contributed by atoms with Gasteiger partial charge in [0.25, 0.3) is 0 Å². The number of hydrogen-bond donors (Lipinski definition) is 0. The fourth-order valence-electron chi connectivity index (χ4n) is 1.99. The molecule has 0 unspecified atom stereocenters. The van der Waals surface area contributed by atoms with Gasteiger partial charge in [-0.1, -0.05) is 19.6 Å². The van der Waals surface area contributed by atoms with Crippen molar-refractivity contribution in [2.45, 2.75) is 32.4 Å². The van der Waals surface area contributed by atoms with E-state index in [-0.39, 0.29) is 5.82 Å². The summed E-state index contributed by atoms with van der Waals surface area (Å²) in [6.45, 7) is 7.87. The number of rotatable bonds is 6. The van der Waals surface area contributed by atoms with E-state index in [2.05, 4.69) is 40.6 Å². The minimum Gasteiger partial charge on any atom is -0.493 e. The first-order chi connectivity index (χ1) is 9.83. The highest BCUT2D eigenvalue weighted by molar-refractivity contribution is 9.10. The van der Waals surface area contributed by atoms with Crippen LogP contribution in [0.25, 0.3) is 11.0 Å². The lowest BCUT2D eigenvalue weighted by molar-refractivity contribution is 0.0895. The molecule has 21 heavy (non-hydrogen) atoms. The van der Waals surface area contributed by atoms with Crippen LogP contribution in [0.1, 0.15) is 0 Å². The molecule has 0 saturated heterocycles. The molecule has 7 heteroatoms. The molecule has 0 spiro atoms. The lowest BCUT2D eigenvalue weighted by Gasteiger charge is -2.15. The average Bonchev–Trinajstić information content (AvgIpc) is 2.78. The van der Waals surface area contributed by atoms with Crippen molar-refractivity contribution < 1.29 is 13.9 Å². The SMILES string of the molecule is COc1c(Br)cc(F)c2c1ncn2COCC[Si](C)(C)C. The van der Waals surface area contributed by atoms with Gasteiger partial charge in [0.15, 0.2) is 11.6 Å². The Morgan fingerprint density at radius 1 is 1.38 bits per heavy atom. The Balaban J connectivity index is 2.18. The van der Waals surface area contributed by atoms with Crippen LogP contribution >= 0.6 is 15.9 Å². The molecular formula is C14H20BrFN2O2Si. The summed E-state index contributed by atoms with van der Waals surface area (Å²) in [6.07, 6.45) is 1.58. The van der Waals surface area contributed by atoms with E-state index < -0.39 is 8.07 Å². The molecule has 0 aliphatic rings. The molecule has 0 amide bonds. The zero-order valence-corrected chi connectivity index (χ0v) is 15.3. The Bertz CT molecular complexity index is 640. The molecule has 1 heterocycles.